The lowest BCUT2D eigenvalue weighted by molar-refractivity contribution is -0.179. The molecule has 2 aliphatic rings. The van der Waals surface area contributed by atoms with Gasteiger partial charge in [0.2, 0.25) is 0 Å². The molecule has 2 amide bonds. The van der Waals surface area contributed by atoms with Gasteiger partial charge in [-0.2, -0.15) is 26.3 Å². The van der Waals surface area contributed by atoms with E-state index < -0.39 is 30.5 Å². The van der Waals surface area contributed by atoms with Crippen LogP contribution in [0.4, 0.5) is 31.1 Å². The number of hydrogen-bond acceptors (Lipinski definition) is 1. The van der Waals surface area contributed by atoms with Crippen molar-refractivity contribution in [2.45, 2.75) is 50.1 Å². The molecule has 2 saturated heterocycles. The van der Waals surface area contributed by atoms with Gasteiger partial charge in [0.15, 0.2) is 0 Å². The predicted molar refractivity (Wildman–Crippen MR) is 57.0 cm³/mol. The minimum atomic E-state index is -4.60. The molecule has 3 nitrogen and oxygen atoms in total. The number of nitrogens with zero attached hydrogens (tertiary/aromatic N) is 2. The van der Waals surface area contributed by atoms with Crippen molar-refractivity contribution in [2.24, 2.45) is 0 Å². The molecule has 0 spiro atoms. The zero-order chi connectivity index (χ0) is 15.1. The van der Waals surface area contributed by atoms with Gasteiger partial charge in [-0.15, -0.1) is 0 Å². The second-order valence-corrected chi connectivity index (χ2v) is 5.07. The lowest BCUT2D eigenvalue weighted by Crippen LogP contribution is -2.54. The maximum atomic E-state index is 12.8. The summed E-state index contributed by atoms with van der Waals surface area (Å²) in [7, 11) is 0. The van der Waals surface area contributed by atoms with Gasteiger partial charge in [-0.05, 0) is 25.7 Å². The fourth-order valence-electron chi connectivity index (χ4n) is 2.84. The third-order valence-electron chi connectivity index (χ3n) is 3.75. The molecule has 0 aliphatic carbocycles. The van der Waals surface area contributed by atoms with Gasteiger partial charge in [-0.3, -0.25) is 0 Å². The molecule has 0 N–H and O–H groups in total. The Morgan fingerprint density at radius 1 is 0.800 bits per heavy atom. The summed E-state index contributed by atoms with van der Waals surface area (Å²) in [6.07, 6.45) is -9.39. The number of hydrogen-bond donors (Lipinski definition) is 0. The summed E-state index contributed by atoms with van der Waals surface area (Å²) >= 11 is 0. The van der Waals surface area contributed by atoms with Crippen molar-refractivity contribution in [3.05, 3.63) is 0 Å². The zero-order valence-electron chi connectivity index (χ0n) is 10.5. The lowest BCUT2D eigenvalue weighted by atomic mass is 10.2. The van der Waals surface area contributed by atoms with Crippen molar-refractivity contribution in [3.63, 3.8) is 0 Å². The first kappa shape index (κ1) is 15.2. The minimum absolute atomic E-state index is 0.149. The maximum absolute atomic E-state index is 12.8. The summed E-state index contributed by atoms with van der Waals surface area (Å²) in [5, 5.41) is 0. The third kappa shape index (κ3) is 2.80. The third-order valence-corrected chi connectivity index (χ3v) is 3.75. The summed E-state index contributed by atoms with van der Waals surface area (Å²) < 4.78 is 76.5. The maximum Gasteiger partial charge on any atom is 0.408 e. The largest absolute Gasteiger partial charge is 0.408 e. The van der Waals surface area contributed by atoms with Crippen LogP contribution in [0, 0.1) is 0 Å². The first-order valence-electron chi connectivity index (χ1n) is 6.33. The van der Waals surface area contributed by atoms with Gasteiger partial charge >= 0.3 is 18.4 Å². The molecule has 2 rings (SSSR count). The second-order valence-electron chi connectivity index (χ2n) is 5.07. The van der Waals surface area contributed by atoms with Crippen LogP contribution in [0.15, 0.2) is 0 Å². The van der Waals surface area contributed by atoms with Crippen molar-refractivity contribution < 1.29 is 31.1 Å². The van der Waals surface area contributed by atoms with E-state index in [9.17, 15) is 31.1 Å². The summed E-state index contributed by atoms with van der Waals surface area (Å²) in [4.78, 5) is 13.1. The van der Waals surface area contributed by atoms with Crippen LogP contribution in [-0.4, -0.2) is 53.4 Å². The monoisotopic (exact) mass is 304 g/mol. The number of halogens is 6. The van der Waals surface area contributed by atoms with E-state index in [1.54, 1.807) is 0 Å². The Kier molecular flexibility index (Phi) is 3.81. The van der Waals surface area contributed by atoms with Crippen LogP contribution in [0.3, 0.4) is 0 Å². The first-order valence-corrected chi connectivity index (χ1v) is 6.33. The van der Waals surface area contributed by atoms with Gasteiger partial charge in [0.05, 0.1) is 0 Å². The fraction of sp³-hybridized carbons (Fsp3) is 0.909. The predicted octanol–water partition coefficient (Wildman–Crippen LogP) is 3.16. The van der Waals surface area contributed by atoms with Gasteiger partial charge in [-0.1, -0.05) is 0 Å². The molecule has 2 atom stereocenters. The Balaban J connectivity index is 2.14. The number of likely N-dealkylation sites (tertiary alicyclic amines) is 2. The molecule has 2 aliphatic heterocycles. The molecule has 0 saturated carbocycles. The molecular formula is C11H14F6N2O. The summed E-state index contributed by atoms with van der Waals surface area (Å²) in [5.74, 6) is 0. The van der Waals surface area contributed by atoms with Gasteiger partial charge in [0.25, 0.3) is 0 Å². The summed E-state index contributed by atoms with van der Waals surface area (Å²) in [6.45, 7) is -0.297. The van der Waals surface area contributed by atoms with Gasteiger partial charge in [0.1, 0.15) is 12.1 Å². The quantitative estimate of drug-likeness (QED) is 0.631. The van der Waals surface area contributed by atoms with Crippen molar-refractivity contribution in [2.75, 3.05) is 13.1 Å². The molecular weight excluding hydrogens is 290 g/mol. The fourth-order valence-corrected chi connectivity index (χ4v) is 2.84. The topological polar surface area (TPSA) is 23.6 Å². The number of urea groups is 1. The second kappa shape index (κ2) is 5.00. The van der Waals surface area contributed by atoms with Crippen molar-refractivity contribution in [1.29, 1.82) is 0 Å². The normalized spacial score (nSPS) is 28.3. The van der Waals surface area contributed by atoms with Crippen LogP contribution in [0.5, 0.6) is 0 Å². The Morgan fingerprint density at radius 2 is 1.15 bits per heavy atom. The van der Waals surface area contributed by atoms with E-state index in [0.29, 0.717) is 9.80 Å². The highest BCUT2D eigenvalue weighted by Gasteiger charge is 2.53. The first-order chi connectivity index (χ1) is 9.12. The molecule has 2 unspecified atom stereocenters. The number of carbonyl (C=O) groups excluding carboxylic acids is 1. The van der Waals surface area contributed by atoms with Crippen LogP contribution in [-0.2, 0) is 0 Å². The molecule has 116 valence electrons. The van der Waals surface area contributed by atoms with E-state index >= 15 is 0 Å². The van der Waals surface area contributed by atoms with Crippen LogP contribution >= 0.6 is 0 Å². The zero-order valence-corrected chi connectivity index (χ0v) is 10.5. The van der Waals surface area contributed by atoms with E-state index in [1.807, 2.05) is 0 Å². The van der Waals surface area contributed by atoms with Crippen LogP contribution in [0.25, 0.3) is 0 Å². The SMILES string of the molecule is O=C(N1CCCC1C(F)(F)F)N1CCCC1C(F)(F)F. The Morgan fingerprint density at radius 3 is 1.45 bits per heavy atom. The minimum Gasteiger partial charge on any atom is -0.313 e. The van der Waals surface area contributed by atoms with Gasteiger partial charge in [-0.25, -0.2) is 4.79 Å². The number of alkyl halides is 6. The highest BCUT2D eigenvalue weighted by Crippen LogP contribution is 2.37. The highest BCUT2D eigenvalue weighted by molar-refractivity contribution is 5.76. The van der Waals surface area contributed by atoms with Crippen molar-refractivity contribution in [3.8, 4) is 0 Å². The molecule has 9 heteroatoms. The Hall–Kier alpha value is -1.15. The average Bonchev–Trinajstić information content (AvgIpc) is 2.95. The Labute approximate surface area is 111 Å². The Bertz CT molecular complexity index is 346. The molecule has 0 aromatic rings. The van der Waals surface area contributed by atoms with Gasteiger partial charge in [0, 0.05) is 13.1 Å². The standard InChI is InChI=1S/C11H14F6N2O/c12-10(13,14)7-3-1-5-18(7)9(20)19-6-2-4-8(19)11(15,16)17/h7-8H,1-6H2. The molecule has 2 heterocycles. The molecule has 20 heavy (non-hydrogen) atoms. The molecule has 2 fully saturated rings. The van der Waals surface area contributed by atoms with Crippen LogP contribution in [0.1, 0.15) is 25.7 Å². The van der Waals surface area contributed by atoms with E-state index in [1.165, 1.54) is 0 Å². The van der Waals surface area contributed by atoms with Crippen molar-refractivity contribution >= 4 is 6.03 Å². The van der Waals surface area contributed by atoms with E-state index in [0.717, 1.165) is 0 Å². The van der Waals surface area contributed by atoms with Crippen LogP contribution in [0.2, 0.25) is 0 Å². The number of amides is 2. The lowest BCUT2D eigenvalue weighted by Gasteiger charge is -2.34. The van der Waals surface area contributed by atoms with E-state index in [2.05, 4.69) is 0 Å². The molecule has 0 bridgehead atoms. The molecule has 0 aromatic heterocycles. The van der Waals surface area contributed by atoms with Crippen LogP contribution < -0.4 is 0 Å². The van der Waals surface area contributed by atoms with Crippen molar-refractivity contribution in [1.82, 2.24) is 9.80 Å². The highest BCUT2D eigenvalue weighted by atomic mass is 19.4. The number of carbonyl (C=O) groups is 1. The van der Waals surface area contributed by atoms with E-state index in [4.69, 9.17) is 0 Å². The van der Waals surface area contributed by atoms with E-state index in [-0.39, 0.29) is 38.8 Å². The smallest absolute Gasteiger partial charge is 0.313 e. The number of rotatable bonds is 0. The van der Waals surface area contributed by atoms with Gasteiger partial charge < -0.3 is 9.80 Å². The summed E-state index contributed by atoms with van der Waals surface area (Å²) in [6, 6.07) is -5.08. The average molecular weight is 304 g/mol. The molecule has 0 aromatic carbocycles. The molecule has 0 radical (unpaired) electrons. The summed E-state index contributed by atoms with van der Waals surface area (Å²) in [5.41, 5.74) is 0.